The van der Waals surface area contributed by atoms with Crippen LogP contribution < -0.4 is 0 Å². The summed E-state index contributed by atoms with van der Waals surface area (Å²) in [7, 11) is 0. The van der Waals surface area contributed by atoms with Crippen molar-refractivity contribution < 1.29 is 19.1 Å². The van der Waals surface area contributed by atoms with Gasteiger partial charge in [-0.2, -0.15) is 5.10 Å². The zero-order valence-electron chi connectivity index (χ0n) is 15.5. The third-order valence-corrected chi connectivity index (χ3v) is 5.52. The van der Waals surface area contributed by atoms with Crippen molar-refractivity contribution in [1.82, 2.24) is 15.1 Å². The van der Waals surface area contributed by atoms with Gasteiger partial charge in [-0.3, -0.25) is 14.7 Å². The first kappa shape index (κ1) is 19.5. The zero-order chi connectivity index (χ0) is 20.6. The number of aromatic nitrogens is 2. The normalized spacial score (nSPS) is 19.3. The number of hydrogen-bond donors (Lipinski definition) is 2. The summed E-state index contributed by atoms with van der Waals surface area (Å²) in [6.07, 6.45) is 0.139. The number of aromatic amines is 1. The fourth-order valence-electron chi connectivity index (χ4n) is 3.72. The molecule has 6 nitrogen and oxygen atoms in total. The molecule has 1 fully saturated rings. The Hall–Kier alpha value is -2.77. The van der Waals surface area contributed by atoms with Crippen molar-refractivity contribution in [2.45, 2.75) is 31.4 Å². The van der Waals surface area contributed by atoms with Crippen LogP contribution in [0.3, 0.4) is 0 Å². The predicted molar refractivity (Wildman–Crippen MR) is 106 cm³/mol. The largest absolute Gasteiger partial charge is 0.373 e. The Morgan fingerprint density at radius 2 is 2.10 bits per heavy atom. The van der Waals surface area contributed by atoms with Crippen molar-refractivity contribution in [2.24, 2.45) is 0 Å². The van der Waals surface area contributed by atoms with E-state index in [9.17, 15) is 19.1 Å². The van der Waals surface area contributed by atoms with Crippen molar-refractivity contribution >= 4 is 34.2 Å². The van der Waals surface area contributed by atoms with Crippen LogP contribution in [-0.2, 0) is 22.6 Å². The van der Waals surface area contributed by atoms with E-state index in [0.29, 0.717) is 5.56 Å². The molecule has 0 saturated carbocycles. The van der Waals surface area contributed by atoms with Crippen molar-refractivity contribution in [1.29, 1.82) is 0 Å². The van der Waals surface area contributed by atoms with E-state index in [1.54, 1.807) is 6.07 Å². The maximum Gasteiger partial charge on any atom is 0.262 e. The van der Waals surface area contributed by atoms with Gasteiger partial charge in [-0.05, 0) is 36.2 Å². The second-order valence-corrected chi connectivity index (χ2v) is 7.69. The first-order valence-corrected chi connectivity index (χ1v) is 9.66. The molecule has 1 amide bonds. The van der Waals surface area contributed by atoms with E-state index in [1.165, 1.54) is 17.0 Å². The number of likely N-dealkylation sites (tertiary alicyclic amines) is 1. The maximum atomic E-state index is 13.4. The topological polar surface area (TPSA) is 86.3 Å². The summed E-state index contributed by atoms with van der Waals surface area (Å²) in [5, 5.41) is 19.0. The zero-order valence-corrected chi connectivity index (χ0v) is 16.2. The number of aryl methyl sites for hydroxylation is 1. The van der Waals surface area contributed by atoms with Crippen LogP contribution in [0.5, 0.6) is 0 Å². The molecule has 8 heteroatoms. The van der Waals surface area contributed by atoms with Gasteiger partial charge in [0.15, 0.2) is 5.78 Å². The molecule has 1 aromatic heterocycles. The highest BCUT2D eigenvalue weighted by atomic mass is 35.5. The number of carbonyl (C=O) groups is 2. The van der Waals surface area contributed by atoms with Gasteiger partial charge in [-0.25, -0.2) is 4.39 Å². The van der Waals surface area contributed by atoms with E-state index in [1.807, 2.05) is 24.3 Å². The van der Waals surface area contributed by atoms with Gasteiger partial charge in [0.05, 0.1) is 17.8 Å². The first-order valence-electron chi connectivity index (χ1n) is 9.29. The highest BCUT2D eigenvalue weighted by Gasteiger charge is 2.50. The van der Waals surface area contributed by atoms with Crippen molar-refractivity contribution in [3.05, 3.63) is 64.6 Å². The number of ketones is 1. The fourth-order valence-corrected chi connectivity index (χ4v) is 3.97. The minimum Gasteiger partial charge on any atom is -0.373 e. The van der Waals surface area contributed by atoms with Gasteiger partial charge in [0, 0.05) is 29.8 Å². The molecule has 0 aliphatic carbocycles. The number of halogens is 2. The number of carbonyl (C=O) groups excluding carboxylic acids is 2. The number of benzene rings is 2. The molecule has 3 aromatic rings. The monoisotopic (exact) mass is 415 g/mol. The summed E-state index contributed by atoms with van der Waals surface area (Å²) in [6, 6.07) is 11.5. The predicted octanol–water partition coefficient (Wildman–Crippen LogP) is 3.02. The van der Waals surface area contributed by atoms with E-state index in [2.05, 4.69) is 10.2 Å². The first-order chi connectivity index (χ1) is 13.9. The van der Waals surface area contributed by atoms with Gasteiger partial charge in [0.25, 0.3) is 5.91 Å². The molecular weight excluding hydrogens is 397 g/mol. The van der Waals surface area contributed by atoms with E-state index < -0.39 is 23.1 Å². The Labute approximate surface area is 171 Å². The molecule has 1 aliphatic heterocycles. The average Bonchev–Trinajstić information content (AvgIpc) is 3.23. The summed E-state index contributed by atoms with van der Waals surface area (Å²) in [5.41, 5.74) is 0.0277. The number of amides is 1. The lowest BCUT2D eigenvalue weighted by Crippen LogP contribution is -2.46. The molecule has 29 heavy (non-hydrogen) atoms. The second-order valence-electron chi connectivity index (χ2n) is 7.26. The van der Waals surface area contributed by atoms with E-state index in [4.69, 9.17) is 11.6 Å². The molecule has 4 rings (SSSR count). The Bertz CT molecular complexity index is 1080. The fraction of sp³-hybridized carbons (Fsp3) is 0.286. The Morgan fingerprint density at radius 1 is 1.31 bits per heavy atom. The summed E-state index contributed by atoms with van der Waals surface area (Å²) in [6.45, 7) is 0.495. The highest BCUT2D eigenvalue weighted by Crippen LogP contribution is 2.28. The van der Waals surface area contributed by atoms with Crippen LogP contribution in [0.4, 0.5) is 4.39 Å². The van der Waals surface area contributed by atoms with Gasteiger partial charge in [0.1, 0.15) is 5.82 Å². The highest BCUT2D eigenvalue weighted by molar-refractivity contribution is 6.30. The molecule has 2 N–H and O–H groups in total. The summed E-state index contributed by atoms with van der Waals surface area (Å²) in [4.78, 5) is 26.9. The molecule has 2 aromatic carbocycles. The lowest BCUT2D eigenvalue weighted by molar-refractivity contribution is -0.153. The Morgan fingerprint density at radius 3 is 2.90 bits per heavy atom. The molecule has 0 unspecified atom stereocenters. The number of H-pyrrole nitrogens is 1. The SMILES string of the molecule is O=C(CCc1cc(F)cc(Cl)c1)[C@@]1(O)CCN(Cc2[nH]nc3ccccc23)C1=O. The van der Waals surface area contributed by atoms with Crippen LogP contribution in [0.15, 0.2) is 42.5 Å². The lowest BCUT2D eigenvalue weighted by Gasteiger charge is -2.21. The maximum absolute atomic E-state index is 13.4. The molecule has 0 bridgehead atoms. The van der Waals surface area contributed by atoms with Crippen molar-refractivity contribution in [3.63, 3.8) is 0 Å². The summed E-state index contributed by atoms with van der Waals surface area (Å²) < 4.78 is 13.4. The second kappa shape index (κ2) is 7.57. The van der Waals surface area contributed by atoms with Crippen LogP contribution in [0, 0.1) is 5.82 Å². The molecule has 1 saturated heterocycles. The van der Waals surface area contributed by atoms with Crippen LogP contribution in [0.2, 0.25) is 5.02 Å². The van der Waals surface area contributed by atoms with E-state index in [0.717, 1.165) is 16.6 Å². The van der Waals surface area contributed by atoms with Crippen LogP contribution >= 0.6 is 11.6 Å². The van der Waals surface area contributed by atoms with Gasteiger partial charge in [-0.15, -0.1) is 0 Å². The smallest absolute Gasteiger partial charge is 0.262 e. The van der Waals surface area contributed by atoms with Gasteiger partial charge in [0.2, 0.25) is 5.60 Å². The molecule has 0 radical (unpaired) electrons. The van der Waals surface area contributed by atoms with Crippen LogP contribution in [0.25, 0.3) is 10.9 Å². The molecule has 2 heterocycles. The molecule has 150 valence electrons. The van der Waals surface area contributed by atoms with Crippen LogP contribution in [-0.4, -0.2) is 44.0 Å². The van der Waals surface area contributed by atoms with Gasteiger partial charge < -0.3 is 10.0 Å². The number of nitrogens with one attached hydrogen (secondary N) is 1. The number of aliphatic hydroxyl groups is 1. The molecule has 1 aliphatic rings. The summed E-state index contributed by atoms with van der Waals surface area (Å²) in [5.74, 6) is -1.67. The van der Waals surface area contributed by atoms with Crippen molar-refractivity contribution in [3.8, 4) is 0 Å². The Balaban J connectivity index is 1.44. The standard InChI is InChI=1S/C21H19ClFN3O3/c22-14-9-13(10-15(23)11-14)5-6-19(27)21(29)7-8-26(20(21)28)12-18-16-3-1-2-4-17(16)24-25-18/h1-4,9-11,29H,5-8,12H2,(H,24,25)/t21-/m0/s1. The number of para-hydroxylation sites is 1. The lowest BCUT2D eigenvalue weighted by atomic mass is 9.92. The van der Waals surface area contributed by atoms with Gasteiger partial charge >= 0.3 is 0 Å². The number of hydrogen-bond acceptors (Lipinski definition) is 4. The van der Waals surface area contributed by atoms with E-state index in [-0.39, 0.29) is 37.4 Å². The van der Waals surface area contributed by atoms with Gasteiger partial charge in [-0.1, -0.05) is 29.8 Å². The summed E-state index contributed by atoms with van der Waals surface area (Å²) >= 11 is 5.83. The number of nitrogens with zero attached hydrogens (tertiary/aromatic N) is 2. The average molecular weight is 416 g/mol. The molecule has 1 atom stereocenters. The number of fused-ring (bicyclic) bond motifs is 1. The van der Waals surface area contributed by atoms with Crippen molar-refractivity contribution in [2.75, 3.05) is 6.54 Å². The number of Topliss-reactive ketones (excluding diaryl/α,β-unsaturated/α-hetero) is 1. The van der Waals surface area contributed by atoms with Crippen LogP contribution in [0.1, 0.15) is 24.1 Å². The minimum atomic E-state index is -2.05. The number of rotatable bonds is 6. The Kier molecular flexibility index (Phi) is 5.10. The third kappa shape index (κ3) is 3.75. The third-order valence-electron chi connectivity index (χ3n) is 5.30. The van der Waals surface area contributed by atoms with E-state index >= 15 is 0 Å². The molecule has 0 spiro atoms. The molecular formula is C21H19ClFN3O3. The minimum absolute atomic E-state index is 0.0284. The quantitative estimate of drug-likeness (QED) is 0.606.